The molecule has 2 atom stereocenters. The Morgan fingerprint density at radius 3 is 2.68 bits per heavy atom. The van der Waals surface area contributed by atoms with Crippen LogP contribution in [0.5, 0.6) is 0 Å². The molecule has 1 fully saturated rings. The molecule has 9 heteroatoms. The van der Waals surface area contributed by atoms with Crippen molar-refractivity contribution >= 4 is 41.6 Å². The van der Waals surface area contributed by atoms with Gasteiger partial charge in [-0.05, 0) is 11.6 Å². The van der Waals surface area contributed by atoms with E-state index in [-0.39, 0.29) is 18.1 Å². The van der Waals surface area contributed by atoms with Crippen LogP contribution in [0.2, 0.25) is 0 Å². The van der Waals surface area contributed by atoms with Crippen LogP contribution < -0.4 is 5.32 Å². The molecule has 0 aromatic heterocycles. The Kier molecular flexibility index (Phi) is 5.84. The SMILES string of the molecule is CC(=O)OCC1=C(C(=O)O)N2C(=O)C(NC(=O)C=Cc3ccccc3)C2SC1. The molecule has 0 bridgehead atoms. The molecule has 3 rings (SSSR count). The van der Waals surface area contributed by atoms with Crippen molar-refractivity contribution in [3.05, 3.63) is 53.2 Å². The van der Waals surface area contributed by atoms with Gasteiger partial charge in [0.15, 0.2) is 0 Å². The van der Waals surface area contributed by atoms with Crippen molar-refractivity contribution in [2.75, 3.05) is 12.4 Å². The summed E-state index contributed by atoms with van der Waals surface area (Å²) in [6, 6.07) is 8.43. The Balaban J connectivity index is 1.68. The zero-order chi connectivity index (χ0) is 20.3. The number of nitrogens with one attached hydrogen (secondary N) is 1. The molecule has 0 saturated carbocycles. The molecule has 0 aliphatic carbocycles. The number of carbonyl (C=O) groups excluding carboxylic acids is 3. The van der Waals surface area contributed by atoms with Crippen molar-refractivity contribution in [3.63, 3.8) is 0 Å². The second-order valence-corrected chi connectivity index (χ2v) is 7.28. The second-order valence-electron chi connectivity index (χ2n) is 6.18. The molecule has 2 amide bonds. The van der Waals surface area contributed by atoms with Gasteiger partial charge in [-0.15, -0.1) is 11.8 Å². The van der Waals surface area contributed by atoms with Crippen LogP contribution >= 0.6 is 11.8 Å². The second kappa shape index (κ2) is 8.30. The number of hydrogen-bond donors (Lipinski definition) is 2. The maximum Gasteiger partial charge on any atom is 0.352 e. The van der Waals surface area contributed by atoms with E-state index in [2.05, 4.69) is 5.32 Å². The lowest BCUT2D eigenvalue weighted by Gasteiger charge is -2.49. The lowest BCUT2D eigenvalue weighted by Crippen LogP contribution is -2.70. The van der Waals surface area contributed by atoms with Crippen LogP contribution in [-0.2, 0) is 23.9 Å². The van der Waals surface area contributed by atoms with Gasteiger partial charge in [0.1, 0.15) is 23.7 Å². The molecular formula is C19H18N2O6S. The Morgan fingerprint density at radius 2 is 2.04 bits per heavy atom. The first-order valence-electron chi connectivity index (χ1n) is 8.45. The number of esters is 1. The number of thioether (sulfide) groups is 1. The molecular weight excluding hydrogens is 384 g/mol. The summed E-state index contributed by atoms with van der Waals surface area (Å²) in [5.74, 6) is -2.45. The van der Waals surface area contributed by atoms with Gasteiger partial charge < -0.3 is 15.2 Å². The van der Waals surface area contributed by atoms with E-state index < -0.39 is 35.2 Å². The zero-order valence-corrected chi connectivity index (χ0v) is 15.8. The number of benzene rings is 1. The van der Waals surface area contributed by atoms with E-state index in [9.17, 15) is 24.3 Å². The summed E-state index contributed by atoms with van der Waals surface area (Å²) in [5.41, 5.74) is 1.02. The molecule has 0 radical (unpaired) electrons. The molecule has 2 heterocycles. The van der Waals surface area contributed by atoms with Crippen molar-refractivity contribution in [2.24, 2.45) is 0 Å². The number of hydrogen-bond acceptors (Lipinski definition) is 6. The fourth-order valence-electron chi connectivity index (χ4n) is 2.92. The maximum absolute atomic E-state index is 12.5. The van der Waals surface area contributed by atoms with Crippen LogP contribution in [0.15, 0.2) is 47.7 Å². The first kappa shape index (κ1) is 19.7. The minimum absolute atomic E-state index is 0.180. The van der Waals surface area contributed by atoms with Gasteiger partial charge in [0.05, 0.1) is 0 Å². The van der Waals surface area contributed by atoms with Gasteiger partial charge in [-0.1, -0.05) is 30.3 Å². The van der Waals surface area contributed by atoms with E-state index >= 15 is 0 Å². The highest BCUT2D eigenvalue weighted by Gasteiger charge is 2.54. The number of β-lactam (4-membered cyclic amide) rings is 1. The Morgan fingerprint density at radius 1 is 1.32 bits per heavy atom. The summed E-state index contributed by atoms with van der Waals surface area (Å²) in [5, 5.41) is 11.6. The average molecular weight is 402 g/mol. The topological polar surface area (TPSA) is 113 Å². The van der Waals surface area contributed by atoms with Gasteiger partial charge in [0.25, 0.3) is 5.91 Å². The van der Waals surface area contributed by atoms with Crippen molar-refractivity contribution in [3.8, 4) is 0 Å². The van der Waals surface area contributed by atoms with Crippen LogP contribution in [-0.4, -0.2) is 57.5 Å². The molecule has 2 N–H and O–H groups in total. The van der Waals surface area contributed by atoms with Crippen LogP contribution in [0.3, 0.4) is 0 Å². The number of aliphatic carboxylic acids is 1. The molecule has 2 aliphatic heterocycles. The van der Waals surface area contributed by atoms with E-state index in [0.29, 0.717) is 5.57 Å². The van der Waals surface area contributed by atoms with E-state index in [1.54, 1.807) is 6.08 Å². The average Bonchev–Trinajstić information content (AvgIpc) is 2.68. The smallest absolute Gasteiger partial charge is 0.352 e. The summed E-state index contributed by atoms with van der Waals surface area (Å²) in [4.78, 5) is 48.4. The molecule has 2 unspecified atom stereocenters. The normalized spacial score (nSPS) is 21.2. The number of carboxylic acids is 1. The van der Waals surface area contributed by atoms with Gasteiger partial charge in [-0.25, -0.2) is 4.79 Å². The number of amides is 2. The van der Waals surface area contributed by atoms with Gasteiger partial charge in [0, 0.05) is 24.3 Å². The highest BCUT2D eigenvalue weighted by Crippen LogP contribution is 2.40. The van der Waals surface area contributed by atoms with Crippen molar-refractivity contribution in [2.45, 2.75) is 18.3 Å². The predicted octanol–water partition coefficient (Wildman–Crippen LogP) is 1.00. The van der Waals surface area contributed by atoms with E-state index in [4.69, 9.17) is 4.74 Å². The first-order valence-corrected chi connectivity index (χ1v) is 9.50. The highest BCUT2D eigenvalue weighted by atomic mass is 32.2. The van der Waals surface area contributed by atoms with E-state index in [1.807, 2.05) is 30.3 Å². The Bertz CT molecular complexity index is 880. The van der Waals surface area contributed by atoms with Gasteiger partial charge in [-0.2, -0.15) is 0 Å². The molecule has 1 aromatic carbocycles. The maximum atomic E-state index is 12.5. The number of ether oxygens (including phenoxy) is 1. The molecule has 28 heavy (non-hydrogen) atoms. The number of carbonyl (C=O) groups is 4. The first-order chi connectivity index (χ1) is 13.4. The van der Waals surface area contributed by atoms with Crippen LogP contribution in [0, 0.1) is 0 Å². The van der Waals surface area contributed by atoms with Crippen LogP contribution in [0.25, 0.3) is 6.08 Å². The molecule has 1 aromatic rings. The fraction of sp³-hybridized carbons (Fsp3) is 0.263. The molecule has 8 nitrogen and oxygen atoms in total. The molecule has 0 spiro atoms. The van der Waals surface area contributed by atoms with E-state index in [0.717, 1.165) is 10.5 Å². The largest absolute Gasteiger partial charge is 0.477 e. The van der Waals surface area contributed by atoms with Crippen molar-refractivity contribution in [1.29, 1.82) is 0 Å². The third-order valence-corrected chi connectivity index (χ3v) is 5.56. The summed E-state index contributed by atoms with van der Waals surface area (Å²) in [6.45, 7) is 1.04. The predicted molar refractivity (Wildman–Crippen MR) is 102 cm³/mol. The Hall–Kier alpha value is -3.07. The van der Waals surface area contributed by atoms with Crippen LogP contribution in [0.1, 0.15) is 12.5 Å². The summed E-state index contributed by atoms with van der Waals surface area (Å²) in [7, 11) is 0. The summed E-state index contributed by atoms with van der Waals surface area (Å²) >= 11 is 1.32. The minimum atomic E-state index is -1.27. The third kappa shape index (κ3) is 4.09. The van der Waals surface area contributed by atoms with Gasteiger partial charge in [0.2, 0.25) is 5.91 Å². The van der Waals surface area contributed by atoms with Crippen molar-refractivity contribution < 1.29 is 29.0 Å². The lowest BCUT2D eigenvalue weighted by molar-refractivity contribution is -0.150. The lowest BCUT2D eigenvalue weighted by atomic mass is 10.0. The Labute approximate surface area is 165 Å². The summed E-state index contributed by atoms with van der Waals surface area (Å²) in [6.07, 6.45) is 2.96. The minimum Gasteiger partial charge on any atom is -0.477 e. The number of carboxylic acid groups (broad SMARTS) is 1. The molecule has 2 aliphatic rings. The van der Waals surface area contributed by atoms with Gasteiger partial charge >= 0.3 is 11.9 Å². The highest BCUT2D eigenvalue weighted by molar-refractivity contribution is 8.00. The number of rotatable bonds is 6. The van der Waals surface area contributed by atoms with Crippen LogP contribution in [0.4, 0.5) is 0 Å². The molecule has 1 saturated heterocycles. The monoisotopic (exact) mass is 402 g/mol. The van der Waals surface area contributed by atoms with E-state index in [1.165, 1.54) is 24.8 Å². The third-order valence-electron chi connectivity index (χ3n) is 4.22. The quantitative estimate of drug-likeness (QED) is 0.415. The summed E-state index contributed by atoms with van der Waals surface area (Å²) < 4.78 is 4.88. The zero-order valence-electron chi connectivity index (χ0n) is 15.0. The number of fused-ring (bicyclic) bond motifs is 1. The van der Waals surface area contributed by atoms with Gasteiger partial charge in [-0.3, -0.25) is 19.3 Å². The molecule has 146 valence electrons. The number of nitrogens with zero attached hydrogens (tertiary/aromatic N) is 1. The fourth-order valence-corrected chi connectivity index (χ4v) is 4.25. The van der Waals surface area contributed by atoms with Crippen molar-refractivity contribution in [1.82, 2.24) is 10.2 Å². The standard InChI is InChI=1S/C19H18N2O6S/c1-11(22)27-9-13-10-28-18-15(17(24)21(18)16(13)19(25)26)20-14(23)8-7-12-5-3-2-4-6-12/h2-8,15,18H,9-10H2,1H3,(H,20,23)(H,25,26).